The lowest BCUT2D eigenvalue weighted by Gasteiger charge is -2.33. The molecule has 0 amide bonds. The summed E-state index contributed by atoms with van der Waals surface area (Å²) in [5.41, 5.74) is 0. The molecule has 0 aromatic heterocycles. The SMILES string of the molecule is CN=C(NCC1CN(C)CCO1)NC1CCC(C(C)C)CC1. The Morgan fingerprint density at radius 3 is 2.59 bits per heavy atom. The standard InChI is InChI=1S/C17H34N4O/c1-13(2)14-5-7-15(8-6-14)20-17(18-3)19-11-16-12-21(4)9-10-22-16/h13-16H,5-12H2,1-4H3,(H2,18,19,20). The van der Waals surface area contributed by atoms with Crippen LogP contribution in [0.2, 0.25) is 0 Å². The number of hydrogen-bond donors (Lipinski definition) is 2. The van der Waals surface area contributed by atoms with Crippen LogP contribution in [-0.4, -0.2) is 63.3 Å². The lowest BCUT2D eigenvalue weighted by Crippen LogP contribution is -2.50. The lowest BCUT2D eigenvalue weighted by atomic mass is 9.80. The predicted molar refractivity (Wildman–Crippen MR) is 92.3 cm³/mol. The highest BCUT2D eigenvalue weighted by atomic mass is 16.5. The number of morpholine rings is 1. The van der Waals surface area contributed by atoms with Crippen LogP contribution in [0.25, 0.3) is 0 Å². The summed E-state index contributed by atoms with van der Waals surface area (Å²) in [6.07, 6.45) is 5.44. The molecular formula is C17H34N4O. The molecule has 1 unspecified atom stereocenters. The van der Waals surface area contributed by atoms with Crippen molar-refractivity contribution in [3.63, 3.8) is 0 Å². The summed E-state index contributed by atoms with van der Waals surface area (Å²) in [5.74, 6) is 2.64. The Hall–Kier alpha value is -0.810. The summed E-state index contributed by atoms with van der Waals surface area (Å²) < 4.78 is 5.79. The van der Waals surface area contributed by atoms with Crippen molar-refractivity contribution in [3.8, 4) is 0 Å². The zero-order valence-electron chi connectivity index (χ0n) is 14.8. The molecule has 0 aromatic carbocycles. The molecular weight excluding hydrogens is 276 g/mol. The number of nitrogens with zero attached hydrogens (tertiary/aromatic N) is 2. The minimum absolute atomic E-state index is 0.258. The van der Waals surface area contributed by atoms with Crippen LogP contribution in [0.15, 0.2) is 4.99 Å². The number of nitrogens with one attached hydrogen (secondary N) is 2. The van der Waals surface area contributed by atoms with E-state index in [4.69, 9.17) is 4.74 Å². The van der Waals surface area contributed by atoms with Gasteiger partial charge in [-0.1, -0.05) is 13.8 Å². The van der Waals surface area contributed by atoms with Crippen molar-refractivity contribution in [1.29, 1.82) is 0 Å². The minimum atomic E-state index is 0.258. The summed E-state index contributed by atoms with van der Waals surface area (Å²) in [6.45, 7) is 8.37. The Morgan fingerprint density at radius 2 is 2.00 bits per heavy atom. The maximum atomic E-state index is 5.79. The van der Waals surface area contributed by atoms with E-state index >= 15 is 0 Å². The molecule has 0 radical (unpaired) electrons. The van der Waals surface area contributed by atoms with E-state index in [1.165, 1.54) is 25.7 Å². The van der Waals surface area contributed by atoms with E-state index in [9.17, 15) is 0 Å². The average molecular weight is 310 g/mol. The summed E-state index contributed by atoms with van der Waals surface area (Å²) in [5, 5.41) is 7.01. The number of rotatable bonds is 4. The molecule has 0 spiro atoms. The van der Waals surface area contributed by atoms with Crippen LogP contribution in [-0.2, 0) is 4.74 Å². The molecule has 1 heterocycles. The molecule has 2 fully saturated rings. The number of guanidine groups is 1. The number of ether oxygens (including phenoxy) is 1. The van der Waals surface area contributed by atoms with Gasteiger partial charge in [-0.25, -0.2) is 0 Å². The molecule has 1 aliphatic heterocycles. The van der Waals surface area contributed by atoms with E-state index in [1.54, 1.807) is 0 Å². The molecule has 0 bridgehead atoms. The predicted octanol–water partition coefficient (Wildman–Crippen LogP) is 1.70. The molecule has 1 atom stereocenters. The van der Waals surface area contributed by atoms with Gasteiger partial charge in [0.1, 0.15) is 0 Å². The molecule has 22 heavy (non-hydrogen) atoms. The van der Waals surface area contributed by atoms with Crippen molar-refractivity contribution in [2.75, 3.05) is 40.3 Å². The molecule has 1 aliphatic carbocycles. The Bertz CT molecular complexity index is 351. The monoisotopic (exact) mass is 310 g/mol. The van der Waals surface area contributed by atoms with Crippen molar-refractivity contribution in [3.05, 3.63) is 0 Å². The van der Waals surface area contributed by atoms with Crippen molar-refractivity contribution in [2.45, 2.75) is 51.7 Å². The molecule has 2 aliphatic rings. The Labute approximate surface area is 135 Å². The van der Waals surface area contributed by atoms with Gasteiger partial charge in [0.05, 0.1) is 12.7 Å². The fourth-order valence-corrected chi connectivity index (χ4v) is 3.52. The van der Waals surface area contributed by atoms with Crippen molar-refractivity contribution < 1.29 is 4.74 Å². The highest BCUT2D eigenvalue weighted by Crippen LogP contribution is 2.29. The third kappa shape index (κ3) is 5.43. The van der Waals surface area contributed by atoms with Gasteiger partial charge in [-0.3, -0.25) is 4.99 Å². The molecule has 1 saturated heterocycles. The lowest BCUT2D eigenvalue weighted by molar-refractivity contribution is -0.0161. The molecule has 0 aromatic rings. The van der Waals surface area contributed by atoms with Gasteiger partial charge in [-0.05, 0) is 44.6 Å². The van der Waals surface area contributed by atoms with E-state index in [-0.39, 0.29) is 6.10 Å². The zero-order chi connectivity index (χ0) is 15.9. The van der Waals surface area contributed by atoms with Gasteiger partial charge in [0, 0.05) is 32.7 Å². The van der Waals surface area contributed by atoms with Gasteiger partial charge in [0.2, 0.25) is 0 Å². The largest absolute Gasteiger partial charge is 0.374 e. The first-order valence-corrected chi connectivity index (χ1v) is 8.85. The first kappa shape index (κ1) is 17.5. The fourth-order valence-electron chi connectivity index (χ4n) is 3.52. The number of aliphatic imine (C=N–C) groups is 1. The van der Waals surface area contributed by atoms with E-state index < -0.39 is 0 Å². The van der Waals surface area contributed by atoms with Crippen LogP contribution >= 0.6 is 0 Å². The first-order chi connectivity index (χ1) is 10.6. The van der Waals surface area contributed by atoms with Gasteiger partial charge in [0.15, 0.2) is 5.96 Å². The molecule has 1 saturated carbocycles. The maximum Gasteiger partial charge on any atom is 0.191 e. The van der Waals surface area contributed by atoms with Gasteiger partial charge in [-0.15, -0.1) is 0 Å². The van der Waals surface area contributed by atoms with Gasteiger partial charge in [0.25, 0.3) is 0 Å². The van der Waals surface area contributed by atoms with Crippen molar-refractivity contribution >= 4 is 5.96 Å². The van der Waals surface area contributed by atoms with E-state index in [0.29, 0.717) is 6.04 Å². The normalized spacial score (nSPS) is 31.3. The third-order valence-electron chi connectivity index (χ3n) is 5.12. The Morgan fingerprint density at radius 1 is 1.27 bits per heavy atom. The molecule has 2 rings (SSSR count). The van der Waals surface area contributed by atoms with Crippen molar-refractivity contribution in [2.24, 2.45) is 16.8 Å². The van der Waals surface area contributed by atoms with Gasteiger partial charge < -0.3 is 20.3 Å². The fraction of sp³-hybridized carbons (Fsp3) is 0.941. The highest BCUT2D eigenvalue weighted by Gasteiger charge is 2.24. The number of likely N-dealkylation sites (N-methyl/N-ethyl adjacent to an activating group) is 1. The van der Waals surface area contributed by atoms with Crippen LogP contribution in [0.1, 0.15) is 39.5 Å². The first-order valence-electron chi connectivity index (χ1n) is 8.85. The van der Waals surface area contributed by atoms with Gasteiger partial charge >= 0.3 is 0 Å². The van der Waals surface area contributed by atoms with E-state index in [2.05, 4.69) is 41.4 Å². The summed E-state index contributed by atoms with van der Waals surface area (Å²) >= 11 is 0. The summed E-state index contributed by atoms with van der Waals surface area (Å²) in [6, 6.07) is 0.566. The average Bonchev–Trinajstić information content (AvgIpc) is 2.52. The minimum Gasteiger partial charge on any atom is -0.374 e. The van der Waals surface area contributed by atoms with Crippen molar-refractivity contribution in [1.82, 2.24) is 15.5 Å². The topological polar surface area (TPSA) is 48.9 Å². The Balaban J connectivity index is 1.69. The molecule has 128 valence electrons. The molecule has 2 N–H and O–H groups in total. The van der Waals surface area contributed by atoms with Crippen LogP contribution < -0.4 is 10.6 Å². The highest BCUT2D eigenvalue weighted by molar-refractivity contribution is 5.80. The van der Waals surface area contributed by atoms with Gasteiger partial charge in [-0.2, -0.15) is 0 Å². The van der Waals surface area contributed by atoms with Crippen LogP contribution in [0.5, 0.6) is 0 Å². The Kier molecular flexibility index (Phi) is 6.96. The van der Waals surface area contributed by atoms with Crippen LogP contribution in [0.3, 0.4) is 0 Å². The smallest absolute Gasteiger partial charge is 0.191 e. The second kappa shape index (κ2) is 8.73. The summed E-state index contributed by atoms with van der Waals surface area (Å²) in [7, 11) is 4.00. The van der Waals surface area contributed by atoms with E-state index in [0.717, 1.165) is 44.0 Å². The summed E-state index contributed by atoms with van der Waals surface area (Å²) in [4.78, 5) is 6.68. The number of hydrogen-bond acceptors (Lipinski definition) is 3. The zero-order valence-corrected chi connectivity index (χ0v) is 14.8. The third-order valence-corrected chi connectivity index (χ3v) is 5.12. The maximum absolute atomic E-state index is 5.79. The van der Waals surface area contributed by atoms with Crippen LogP contribution in [0, 0.1) is 11.8 Å². The van der Waals surface area contributed by atoms with E-state index in [1.807, 2.05) is 7.05 Å². The second-order valence-electron chi connectivity index (χ2n) is 7.21. The second-order valence-corrected chi connectivity index (χ2v) is 7.21. The quantitative estimate of drug-likeness (QED) is 0.613. The molecule has 5 heteroatoms. The van der Waals surface area contributed by atoms with Crippen LogP contribution in [0.4, 0.5) is 0 Å². The molecule has 5 nitrogen and oxygen atoms in total.